The zero-order valence-electron chi connectivity index (χ0n) is 18.9. The van der Waals surface area contributed by atoms with Crippen molar-refractivity contribution in [3.05, 3.63) is 29.5 Å². The molecule has 1 aliphatic heterocycles. The zero-order valence-corrected chi connectivity index (χ0v) is 18.9. The standard InChI is InChI=1S/C23H33N3O4/c1-15(29-6)7-10-21(27)18-8-9-20-19(16(18)2)14-26(24-20)13-17-11-25(12-17)22(28)30-23(3,4)5/h8-9,14-15,17H,7,10-13H2,1-6H3. The van der Waals surface area contributed by atoms with Gasteiger partial charge in [0.25, 0.3) is 0 Å². The smallest absolute Gasteiger partial charge is 0.410 e. The summed E-state index contributed by atoms with van der Waals surface area (Å²) in [6.07, 6.45) is 3.00. The van der Waals surface area contributed by atoms with Crippen molar-refractivity contribution in [3.8, 4) is 0 Å². The number of nitrogens with zero attached hydrogens (tertiary/aromatic N) is 3. The molecule has 1 saturated heterocycles. The van der Waals surface area contributed by atoms with Crippen molar-refractivity contribution >= 4 is 22.8 Å². The van der Waals surface area contributed by atoms with Crippen molar-refractivity contribution in [3.63, 3.8) is 0 Å². The van der Waals surface area contributed by atoms with Gasteiger partial charge >= 0.3 is 6.09 Å². The third-order valence-electron chi connectivity index (χ3n) is 5.54. The predicted octanol–water partition coefficient (Wildman–Crippen LogP) is 4.21. The molecule has 1 fully saturated rings. The number of carbonyl (C=O) groups excluding carboxylic acids is 2. The van der Waals surface area contributed by atoms with E-state index in [4.69, 9.17) is 9.47 Å². The summed E-state index contributed by atoms with van der Waals surface area (Å²) < 4.78 is 12.6. The maximum absolute atomic E-state index is 12.6. The Bertz CT molecular complexity index is 922. The molecule has 164 valence electrons. The van der Waals surface area contributed by atoms with E-state index < -0.39 is 5.60 Å². The number of ether oxygens (including phenoxy) is 2. The molecule has 0 N–H and O–H groups in total. The minimum Gasteiger partial charge on any atom is -0.444 e. The minimum absolute atomic E-state index is 0.0726. The van der Waals surface area contributed by atoms with Gasteiger partial charge < -0.3 is 14.4 Å². The summed E-state index contributed by atoms with van der Waals surface area (Å²) >= 11 is 0. The molecule has 0 aliphatic carbocycles. The average Bonchev–Trinajstić information content (AvgIpc) is 3.04. The summed E-state index contributed by atoms with van der Waals surface area (Å²) in [5.41, 5.74) is 2.14. The molecule has 0 radical (unpaired) electrons. The number of hydrogen-bond donors (Lipinski definition) is 0. The Kier molecular flexibility index (Phi) is 6.50. The van der Waals surface area contributed by atoms with E-state index in [1.54, 1.807) is 12.0 Å². The number of benzene rings is 1. The third kappa shape index (κ3) is 5.19. The van der Waals surface area contributed by atoms with Crippen molar-refractivity contribution in [2.75, 3.05) is 20.2 Å². The molecule has 30 heavy (non-hydrogen) atoms. The van der Waals surface area contributed by atoms with Crippen LogP contribution >= 0.6 is 0 Å². The van der Waals surface area contributed by atoms with Crippen LogP contribution in [0.15, 0.2) is 18.3 Å². The minimum atomic E-state index is -0.476. The van der Waals surface area contributed by atoms with Crippen LogP contribution < -0.4 is 0 Å². The second kappa shape index (κ2) is 8.76. The van der Waals surface area contributed by atoms with Gasteiger partial charge in [0.05, 0.1) is 11.6 Å². The van der Waals surface area contributed by atoms with Crippen molar-refractivity contribution in [1.82, 2.24) is 14.7 Å². The largest absolute Gasteiger partial charge is 0.444 e. The number of carbonyl (C=O) groups is 2. The lowest BCUT2D eigenvalue weighted by Crippen LogP contribution is -2.52. The van der Waals surface area contributed by atoms with E-state index in [2.05, 4.69) is 5.10 Å². The molecule has 2 aromatic rings. The van der Waals surface area contributed by atoms with Gasteiger partial charge in [-0.15, -0.1) is 0 Å². The Balaban J connectivity index is 1.62. The number of likely N-dealkylation sites (tertiary alicyclic amines) is 1. The molecule has 1 aromatic heterocycles. The average molecular weight is 416 g/mol. The van der Waals surface area contributed by atoms with Crippen LogP contribution in [-0.2, 0) is 16.0 Å². The van der Waals surface area contributed by atoms with E-state index in [9.17, 15) is 9.59 Å². The zero-order chi connectivity index (χ0) is 22.1. The quantitative estimate of drug-likeness (QED) is 0.634. The van der Waals surface area contributed by atoms with Gasteiger partial charge in [-0.2, -0.15) is 5.10 Å². The Labute approximate surface area is 178 Å². The number of amides is 1. The highest BCUT2D eigenvalue weighted by atomic mass is 16.6. The number of fused-ring (bicyclic) bond motifs is 1. The van der Waals surface area contributed by atoms with Crippen molar-refractivity contribution < 1.29 is 19.1 Å². The molecule has 1 aromatic carbocycles. The molecule has 7 nitrogen and oxygen atoms in total. The Morgan fingerprint density at radius 2 is 1.97 bits per heavy atom. The van der Waals surface area contributed by atoms with Crippen LogP contribution in [0.2, 0.25) is 0 Å². The van der Waals surface area contributed by atoms with Gasteiger partial charge in [-0.3, -0.25) is 9.48 Å². The summed E-state index contributed by atoms with van der Waals surface area (Å²) in [5.74, 6) is 0.488. The first-order valence-electron chi connectivity index (χ1n) is 10.6. The number of hydrogen-bond acceptors (Lipinski definition) is 5. The van der Waals surface area contributed by atoms with Crippen molar-refractivity contribution in [2.45, 2.75) is 65.7 Å². The lowest BCUT2D eigenvalue weighted by molar-refractivity contribution is -0.00381. The van der Waals surface area contributed by atoms with E-state index in [1.165, 1.54) is 0 Å². The maximum atomic E-state index is 12.6. The molecular formula is C23H33N3O4. The van der Waals surface area contributed by atoms with E-state index in [0.717, 1.165) is 28.6 Å². The van der Waals surface area contributed by atoms with Gasteiger partial charge in [0, 0.05) is 56.2 Å². The summed E-state index contributed by atoms with van der Waals surface area (Å²) in [6.45, 7) is 11.6. The first kappa shape index (κ1) is 22.3. The topological polar surface area (TPSA) is 73.7 Å². The molecule has 3 rings (SSSR count). The Morgan fingerprint density at radius 3 is 2.60 bits per heavy atom. The first-order valence-corrected chi connectivity index (χ1v) is 10.6. The second-order valence-corrected chi connectivity index (χ2v) is 9.28. The van der Waals surface area contributed by atoms with Crippen molar-refractivity contribution in [1.29, 1.82) is 0 Å². The highest BCUT2D eigenvalue weighted by Crippen LogP contribution is 2.25. The van der Waals surface area contributed by atoms with Gasteiger partial charge in [-0.05, 0) is 58.7 Å². The first-order chi connectivity index (χ1) is 14.1. The van der Waals surface area contributed by atoms with Crippen LogP contribution in [0.5, 0.6) is 0 Å². The molecule has 7 heteroatoms. The third-order valence-corrected chi connectivity index (χ3v) is 5.54. The Morgan fingerprint density at radius 1 is 1.27 bits per heavy atom. The van der Waals surface area contributed by atoms with Gasteiger partial charge in [0.2, 0.25) is 0 Å². The van der Waals surface area contributed by atoms with E-state index in [0.29, 0.717) is 31.8 Å². The predicted molar refractivity (Wildman–Crippen MR) is 116 cm³/mol. The lowest BCUT2D eigenvalue weighted by Gasteiger charge is -2.39. The fourth-order valence-electron chi connectivity index (χ4n) is 3.69. The van der Waals surface area contributed by atoms with E-state index >= 15 is 0 Å². The highest BCUT2D eigenvalue weighted by molar-refractivity contribution is 6.01. The normalized spacial score (nSPS) is 15.9. The van der Waals surface area contributed by atoms with Gasteiger partial charge in [-0.1, -0.05) is 0 Å². The number of aromatic nitrogens is 2. The number of rotatable bonds is 7. The molecule has 1 unspecified atom stereocenters. The van der Waals surface area contributed by atoms with Gasteiger partial charge in [0.15, 0.2) is 5.78 Å². The molecule has 1 aliphatic rings. The summed E-state index contributed by atoms with van der Waals surface area (Å²) in [7, 11) is 1.66. The van der Waals surface area contributed by atoms with Crippen LogP contribution in [0, 0.1) is 12.8 Å². The lowest BCUT2D eigenvalue weighted by atomic mass is 9.98. The molecule has 0 bridgehead atoms. The maximum Gasteiger partial charge on any atom is 0.410 e. The molecule has 1 amide bonds. The SMILES string of the molecule is COC(C)CCC(=O)c1ccc2nn(CC3CN(C(=O)OC(C)(C)C)C3)cc2c1C. The summed E-state index contributed by atoms with van der Waals surface area (Å²) in [6, 6.07) is 3.79. The second-order valence-electron chi connectivity index (χ2n) is 9.28. The molecular weight excluding hydrogens is 382 g/mol. The van der Waals surface area contributed by atoms with Gasteiger partial charge in [0.1, 0.15) is 5.60 Å². The monoisotopic (exact) mass is 415 g/mol. The van der Waals surface area contributed by atoms with Crippen LogP contribution in [0.25, 0.3) is 10.9 Å². The fourth-order valence-corrected chi connectivity index (χ4v) is 3.69. The summed E-state index contributed by atoms with van der Waals surface area (Å²) in [4.78, 5) is 26.4. The molecule has 0 saturated carbocycles. The van der Waals surface area contributed by atoms with Crippen LogP contribution in [0.3, 0.4) is 0 Å². The molecule has 1 atom stereocenters. The number of ketones is 1. The van der Waals surface area contributed by atoms with Crippen LogP contribution in [0.1, 0.15) is 56.5 Å². The van der Waals surface area contributed by atoms with E-state index in [-0.39, 0.29) is 18.0 Å². The van der Waals surface area contributed by atoms with Crippen LogP contribution in [0.4, 0.5) is 4.79 Å². The molecule has 2 heterocycles. The number of Topliss-reactive ketones (excluding diaryl/α,β-unsaturated/α-hetero) is 1. The van der Waals surface area contributed by atoms with E-state index in [1.807, 2.05) is 57.6 Å². The Hall–Kier alpha value is -2.41. The number of methoxy groups -OCH3 is 1. The van der Waals surface area contributed by atoms with Crippen LogP contribution in [-0.4, -0.2) is 58.5 Å². The summed E-state index contributed by atoms with van der Waals surface area (Å²) in [5, 5.41) is 5.67. The number of aryl methyl sites for hydroxylation is 1. The molecule has 0 spiro atoms. The highest BCUT2D eigenvalue weighted by Gasteiger charge is 2.34. The van der Waals surface area contributed by atoms with Crippen molar-refractivity contribution in [2.24, 2.45) is 5.92 Å². The fraction of sp³-hybridized carbons (Fsp3) is 0.609. The van der Waals surface area contributed by atoms with Gasteiger partial charge in [-0.25, -0.2) is 4.79 Å².